The van der Waals surface area contributed by atoms with Crippen molar-refractivity contribution >= 4 is 5.97 Å². The average Bonchev–Trinajstić information content (AvgIpc) is 3.26. The van der Waals surface area contributed by atoms with Gasteiger partial charge in [0.1, 0.15) is 30.5 Å². The summed E-state index contributed by atoms with van der Waals surface area (Å²) in [6, 6.07) is 0. The zero-order valence-corrected chi connectivity index (χ0v) is 39.2. The van der Waals surface area contributed by atoms with Crippen LogP contribution in [0.25, 0.3) is 0 Å². The highest BCUT2D eigenvalue weighted by Gasteiger charge is 2.44. The first-order valence-corrected chi connectivity index (χ1v) is 25.2. The lowest BCUT2D eigenvalue weighted by atomic mass is 9.99. The van der Waals surface area contributed by atoms with Crippen molar-refractivity contribution in [2.75, 3.05) is 26.4 Å². The summed E-state index contributed by atoms with van der Waals surface area (Å²) in [6.07, 6.45) is 47.1. The molecule has 0 radical (unpaired) electrons. The second-order valence-corrected chi connectivity index (χ2v) is 17.3. The van der Waals surface area contributed by atoms with E-state index in [0.717, 1.165) is 57.8 Å². The molecule has 9 nitrogen and oxygen atoms in total. The molecule has 0 amide bonds. The molecule has 0 aliphatic carbocycles. The van der Waals surface area contributed by atoms with Crippen LogP contribution in [0.1, 0.15) is 213 Å². The van der Waals surface area contributed by atoms with Gasteiger partial charge < -0.3 is 39.4 Å². The van der Waals surface area contributed by atoms with Crippen molar-refractivity contribution in [2.24, 2.45) is 0 Å². The van der Waals surface area contributed by atoms with Gasteiger partial charge >= 0.3 is 5.97 Å². The van der Waals surface area contributed by atoms with E-state index in [1.54, 1.807) is 0 Å². The molecule has 0 aromatic heterocycles. The second kappa shape index (κ2) is 43.4. The highest BCUT2D eigenvalue weighted by atomic mass is 16.7. The van der Waals surface area contributed by atoms with Crippen molar-refractivity contribution in [3.05, 3.63) is 48.6 Å². The van der Waals surface area contributed by atoms with Gasteiger partial charge in [0.25, 0.3) is 0 Å². The molecule has 0 aromatic rings. The number of allylic oxidation sites excluding steroid dienone is 8. The van der Waals surface area contributed by atoms with Crippen LogP contribution < -0.4 is 0 Å². The maximum Gasteiger partial charge on any atom is 0.306 e. The zero-order valence-electron chi connectivity index (χ0n) is 39.2. The van der Waals surface area contributed by atoms with Gasteiger partial charge in [0.15, 0.2) is 6.29 Å². The van der Waals surface area contributed by atoms with E-state index in [9.17, 15) is 25.2 Å². The Balaban J connectivity index is 2.20. The van der Waals surface area contributed by atoms with Crippen LogP contribution in [-0.2, 0) is 23.7 Å². The van der Waals surface area contributed by atoms with E-state index in [2.05, 4.69) is 62.5 Å². The van der Waals surface area contributed by atoms with E-state index in [-0.39, 0.29) is 19.2 Å². The smallest absolute Gasteiger partial charge is 0.306 e. The molecule has 6 atom stereocenters. The van der Waals surface area contributed by atoms with E-state index in [4.69, 9.17) is 18.9 Å². The maximum absolute atomic E-state index is 12.8. The average molecular weight is 863 g/mol. The minimum absolute atomic E-state index is 0.119. The van der Waals surface area contributed by atoms with E-state index >= 15 is 0 Å². The Morgan fingerprint density at radius 1 is 0.525 bits per heavy atom. The van der Waals surface area contributed by atoms with Crippen molar-refractivity contribution < 1.29 is 44.2 Å². The molecular formula is C52H94O9. The fourth-order valence-corrected chi connectivity index (χ4v) is 7.48. The monoisotopic (exact) mass is 863 g/mol. The minimum atomic E-state index is -1.54. The number of hydrogen-bond donors (Lipinski definition) is 4. The van der Waals surface area contributed by atoms with E-state index in [1.165, 1.54) is 135 Å². The predicted octanol–water partition coefficient (Wildman–Crippen LogP) is 12.1. The normalized spacial score (nSPS) is 20.3. The Hall–Kier alpha value is -1.85. The molecule has 61 heavy (non-hydrogen) atoms. The lowest BCUT2D eigenvalue weighted by Crippen LogP contribution is -2.59. The standard InChI is InChI=1S/C52H94O9/c1-3-5-7-9-11-13-15-17-19-20-21-22-23-24-25-26-27-29-31-33-35-37-39-41-48(54)60-46(45-59-52-51(57)50(56)49(55)47(43-53)61-52)44-58-42-40-38-36-34-32-30-28-18-16-14-12-10-8-6-4-2/h10,12,15-18,20-21,46-47,49-53,55-57H,3-9,11,13-14,19,22-45H2,1-2H3/b12-10-,17-15-,18-16-,21-20-. The quantitative estimate of drug-likeness (QED) is 0.0268. The Kier molecular flexibility index (Phi) is 40.7. The fraction of sp³-hybridized carbons (Fsp3) is 0.827. The molecule has 6 unspecified atom stereocenters. The first kappa shape index (κ1) is 57.2. The molecule has 0 spiro atoms. The Labute approximate surface area is 373 Å². The van der Waals surface area contributed by atoms with Gasteiger partial charge in [0, 0.05) is 13.0 Å². The predicted molar refractivity (Wildman–Crippen MR) is 251 cm³/mol. The first-order chi connectivity index (χ1) is 29.9. The molecule has 356 valence electrons. The van der Waals surface area contributed by atoms with Gasteiger partial charge in [-0.15, -0.1) is 0 Å². The number of carbonyl (C=O) groups is 1. The molecule has 1 aliphatic rings. The van der Waals surface area contributed by atoms with Crippen LogP contribution in [0.15, 0.2) is 48.6 Å². The van der Waals surface area contributed by atoms with Crippen LogP contribution in [0.2, 0.25) is 0 Å². The molecule has 0 saturated carbocycles. The van der Waals surface area contributed by atoms with Crippen LogP contribution in [0.5, 0.6) is 0 Å². The summed E-state index contributed by atoms with van der Waals surface area (Å²) < 4.78 is 22.9. The zero-order chi connectivity index (χ0) is 44.3. The first-order valence-electron chi connectivity index (χ1n) is 25.2. The summed E-state index contributed by atoms with van der Waals surface area (Å²) >= 11 is 0. The number of unbranched alkanes of at least 4 members (excludes halogenated alkanes) is 24. The number of hydrogen-bond acceptors (Lipinski definition) is 9. The third-order valence-corrected chi connectivity index (χ3v) is 11.5. The Morgan fingerprint density at radius 2 is 0.967 bits per heavy atom. The molecule has 0 aromatic carbocycles. The van der Waals surface area contributed by atoms with Crippen LogP contribution in [-0.4, -0.2) is 89.6 Å². The summed E-state index contributed by atoms with van der Waals surface area (Å²) in [5, 5.41) is 40.2. The lowest BCUT2D eigenvalue weighted by molar-refractivity contribution is -0.305. The summed E-state index contributed by atoms with van der Waals surface area (Å²) in [6.45, 7) is 4.50. The third-order valence-electron chi connectivity index (χ3n) is 11.5. The van der Waals surface area contributed by atoms with Crippen LogP contribution >= 0.6 is 0 Å². The Bertz CT molecular complexity index is 1070. The molecule has 4 N–H and O–H groups in total. The van der Waals surface area contributed by atoms with Gasteiger partial charge in [-0.2, -0.15) is 0 Å². The number of rotatable bonds is 43. The number of carbonyl (C=O) groups excluding carboxylic acids is 1. The summed E-state index contributed by atoms with van der Waals surface area (Å²) in [5.41, 5.74) is 0. The highest BCUT2D eigenvalue weighted by molar-refractivity contribution is 5.69. The van der Waals surface area contributed by atoms with Crippen LogP contribution in [0.3, 0.4) is 0 Å². The largest absolute Gasteiger partial charge is 0.457 e. The van der Waals surface area contributed by atoms with E-state index in [1.807, 2.05) is 0 Å². The molecule has 0 bridgehead atoms. The molecule has 1 fully saturated rings. The number of esters is 1. The van der Waals surface area contributed by atoms with Crippen LogP contribution in [0.4, 0.5) is 0 Å². The van der Waals surface area contributed by atoms with E-state index < -0.39 is 43.4 Å². The lowest BCUT2D eigenvalue weighted by Gasteiger charge is -2.39. The second-order valence-electron chi connectivity index (χ2n) is 17.3. The summed E-state index contributed by atoms with van der Waals surface area (Å²) in [4.78, 5) is 12.8. The van der Waals surface area contributed by atoms with Gasteiger partial charge in [0.2, 0.25) is 0 Å². The maximum atomic E-state index is 12.8. The molecule has 1 aliphatic heterocycles. The molecular weight excluding hydrogens is 769 g/mol. The van der Waals surface area contributed by atoms with Gasteiger partial charge in [-0.1, -0.05) is 184 Å². The van der Waals surface area contributed by atoms with Gasteiger partial charge in [-0.05, 0) is 70.6 Å². The summed E-state index contributed by atoms with van der Waals surface area (Å²) in [7, 11) is 0. The molecule has 1 saturated heterocycles. The third kappa shape index (κ3) is 34.3. The van der Waals surface area contributed by atoms with Crippen molar-refractivity contribution in [3.8, 4) is 0 Å². The SMILES string of the molecule is CCCC/C=C\C/C=C\CCCCCCCCOCC(COC1OC(CO)C(O)C(O)C1O)OC(=O)CCCCCCCCCCCCC/C=C\C/C=C\CCCCCCC. The van der Waals surface area contributed by atoms with Gasteiger partial charge in [-0.25, -0.2) is 0 Å². The minimum Gasteiger partial charge on any atom is -0.457 e. The number of aliphatic hydroxyl groups excluding tert-OH is 4. The molecule has 1 heterocycles. The van der Waals surface area contributed by atoms with Gasteiger partial charge in [0.05, 0.1) is 19.8 Å². The van der Waals surface area contributed by atoms with Gasteiger partial charge in [-0.3, -0.25) is 4.79 Å². The number of ether oxygens (including phenoxy) is 4. The summed E-state index contributed by atoms with van der Waals surface area (Å²) in [5.74, 6) is -0.319. The topological polar surface area (TPSA) is 135 Å². The number of aliphatic hydroxyl groups is 4. The van der Waals surface area contributed by atoms with Crippen molar-refractivity contribution in [3.63, 3.8) is 0 Å². The highest BCUT2D eigenvalue weighted by Crippen LogP contribution is 2.23. The molecule has 1 rings (SSSR count). The van der Waals surface area contributed by atoms with E-state index in [0.29, 0.717) is 13.0 Å². The fourth-order valence-electron chi connectivity index (χ4n) is 7.48. The Morgan fingerprint density at radius 3 is 1.46 bits per heavy atom. The van der Waals surface area contributed by atoms with Crippen LogP contribution in [0, 0.1) is 0 Å². The van der Waals surface area contributed by atoms with Crippen molar-refractivity contribution in [1.82, 2.24) is 0 Å². The van der Waals surface area contributed by atoms with Crippen molar-refractivity contribution in [2.45, 2.75) is 250 Å². The van der Waals surface area contributed by atoms with Crippen molar-refractivity contribution in [1.29, 1.82) is 0 Å². The molecule has 9 heteroatoms.